The molecule has 7 heteroatoms. The molecule has 5 rings (SSSR count). The van der Waals surface area contributed by atoms with Crippen molar-refractivity contribution in [1.82, 2.24) is 0 Å². The molecule has 0 amide bonds. The van der Waals surface area contributed by atoms with Crippen LogP contribution < -0.4 is 0 Å². The van der Waals surface area contributed by atoms with E-state index in [2.05, 4.69) is 0 Å². The van der Waals surface area contributed by atoms with E-state index in [0.29, 0.717) is 11.1 Å². The molecule has 1 saturated carbocycles. The SMILES string of the molecule is O=C(OC[C@H]1O[C@](O)(C2CCCCC2)[C@@H](OCc2ccccc2)[C@@H]1OC(=O)c1ccccc1)c1ccccc1. The fourth-order valence-corrected chi connectivity index (χ4v) is 5.47. The van der Waals surface area contributed by atoms with Crippen molar-refractivity contribution in [2.75, 3.05) is 6.61 Å². The second-order valence-corrected chi connectivity index (χ2v) is 10.2. The van der Waals surface area contributed by atoms with Gasteiger partial charge in [-0.25, -0.2) is 9.59 Å². The molecule has 1 saturated heterocycles. The standard InChI is InChI=1S/C32H34O7/c33-30(24-15-7-2-8-16-24)37-22-27-28(38-31(34)25-17-9-3-10-18-25)29(36-21-23-13-5-1-6-14-23)32(35,39-27)26-19-11-4-12-20-26/h1-3,5-10,13-18,26-29,35H,4,11-12,19-22H2/t27-,28-,29+,32-/m1/s1. The molecule has 0 unspecified atom stereocenters. The monoisotopic (exact) mass is 530 g/mol. The normalized spacial score (nSPS) is 25.2. The van der Waals surface area contributed by atoms with Gasteiger partial charge in [-0.1, -0.05) is 86.0 Å². The molecular formula is C32H34O7. The van der Waals surface area contributed by atoms with E-state index in [9.17, 15) is 14.7 Å². The summed E-state index contributed by atoms with van der Waals surface area (Å²) in [5, 5.41) is 12.1. The Bertz CT molecular complexity index is 1210. The van der Waals surface area contributed by atoms with Crippen molar-refractivity contribution in [3.8, 4) is 0 Å². The molecule has 204 valence electrons. The molecule has 2 fully saturated rings. The lowest BCUT2D eigenvalue weighted by Gasteiger charge is -2.38. The summed E-state index contributed by atoms with van der Waals surface area (Å²) in [4.78, 5) is 25.9. The number of aliphatic hydroxyl groups is 1. The summed E-state index contributed by atoms with van der Waals surface area (Å²) in [6.07, 6.45) is 1.64. The summed E-state index contributed by atoms with van der Waals surface area (Å²) in [7, 11) is 0. The zero-order valence-electron chi connectivity index (χ0n) is 21.8. The Labute approximate surface area is 228 Å². The van der Waals surface area contributed by atoms with Gasteiger partial charge in [-0.15, -0.1) is 0 Å². The molecule has 1 aliphatic carbocycles. The molecule has 1 N–H and O–H groups in total. The highest BCUT2D eigenvalue weighted by Gasteiger charge is 2.61. The summed E-state index contributed by atoms with van der Waals surface area (Å²) in [5.41, 5.74) is 1.68. The first kappa shape index (κ1) is 27.1. The van der Waals surface area contributed by atoms with Gasteiger partial charge in [-0.2, -0.15) is 0 Å². The summed E-state index contributed by atoms with van der Waals surface area (Å²) in [6, 6.07) is 26.9. The number of ether oxygens (including phenoxy) is 4. The minimum Gasteiger partial charge on any atom is -0.459 e. The third-order valence-corrected chi connectivity index (χ3v) is 7.52. The second-order valence-electron chi connectivity index (χ2n) is 10.2. The number of rotatable bonds is 9. The van der Waals surface area contributed by atoms with Gasteiger partial charge in [0.2, 0.25) is 0 Å². The first-order valence-corrected chi connectivity index (χ1v) is 13.6. The van der Waals surface area contributed by atoms with Crippen LogP contribution in [0.5, 0.6) is 0 Å². The van der Waals surface area contributed by atoms with E-state index in [0.717, 1.165) is 37.7 Å². The van der Waals surface area contributed by atoms with Gasteiger partial charge in [-0.05, 0) is 42.7 Å². The Balaban J connectivity index is 1.42. The lowest BCUT2D eigenvalue weighted by Crippen LogP contribution is -2.51. The van der Waals surface area contributed by atoms with E-state index in [4.69, 9.17) is 18.9 Å². The molecule has 0 radical (unpaired) electrons. The predicted octanol–water partition coefficient (Wildman–Crippen LogP) is 5.32. The third-order valence-electron chi connectivity index (χ3n) is 7.52. The van der Waals surface area contributed by atoms with Crippen molar-refractivity contribution in [2.24, 2.45) is 5.92 Å². The molecule has 4 atom stereocenters. The second kappa shape index (κ2) is 12.6. The van der Waals surface area contributed by atoms with Crippen molar-refractivity contribution < 1.29 is 33.6 Å². The van der Waals surface area contributed by atoms with Gasteiger partial charge in [0.15, 0.2) is 18.0 Å². The molecule has 2 aliphatic rings. The van der Waals surface area contributed by atoms with E-state index >= 15 is 0 Å². The van der Waals surface area contributed by atoms with Crippen LogP contribution in [0.25, 0.3) is 0 Å². The highest BCUT2D eigenvalue weighted by molar-refractivity contribution is 5.90. The zero-order valence-corrected chi connectivity index (χ0v) is 21.8. The van der Waals surface area contributed by atoms with E-state index in [1.54, 1.807) is 48.5 Å². The molecule has 0 spiro atoms. The minimum absolute atomic E-state index is 0.194. The van der Waals surface area contributed by atoms with Crippen molar-refractivity contribution in [3.05, 3.63) is 108 Å². The van der Waals surface area contributed by atoms with E-state index in [-0.39, 0.29) is 19.1 Å². The summed E-state index contributed by atoms with van der Waals surface area (Å²) < 4.78 is 24.2. The number of esters is 2. The maximum Gasteiger partial charge on any atom is 0.338 e. The highest BCUT2D eigenvalue weighted by atomic mass is 16.7. The van der Waals surface area contributed by atoms with Gasteiger partial charge >= 0.3 is 11.9 Å². The average Bonchev–Trinajstić information content (AvgIpc) is 3.27. The van der Waals surface area contributed by atoms with Crippen LogP contribution >= 0.6 is 0 Å². The fraction of sp³-hybridized carbons (Fsp3) is 0.375. The number of carbonyl (C=O) groups is 2. The quantitative estimate of drug-likeness (QED) is 0.374. The van der Waals surface area contributed by atoms with Crippen molar-refractivity contribution >= 4 is 11.9 Å². The smallest absolute Gasteiger partial charge is 0.338 e. The summed E-state index contributed by atoms with van der Waals surface area (Å²) >= 11 is 0. The Morgan fingerprint density at radius 3 is 1.97 bits per heavy atom. The van der Waals surface area contributed by atoms with Crippen LogP contribution in [0.15, 0.2) is 91.0 Å². The molecule has 1 aliphatic heterocycles. The topological polar surface area (TPSA) is 91.3 Å². The van der Waals surface area contributed by atoms with Crippen LogP contribution in [0.3, 0.4) is 0 Å². The van der Waals surface area contributed by atoms with Crippen LogP contribution in [0.1, 0.15) is 58.4 Å². The molecule has 1 heterocycles. The van der Waals surface area contributed by atoms with E-state index in [1.165, 1.54) is 0 Å². The van der Waals surface area contributed by atoms with Crippen LogP contribution in [-0.4, -0.2) is 47.8 Å². The molecule has 0 aromatic heterocycles. The van der Waals surface area contributed by atoms with Gasteiger partial charge in [0.05, 0.1) is 17.7 Å². The van der Waals surface area contributed by atoms with Crippen LogP contribution in [0.2, 0.25) is 0 Å². The van der Waals surface area contributed by atoms with Crippen molar-refractivity contribution in [2.45, 2.75) is 62.8 Å². The Hall–Kier alpha value is -3.52. The maximum atomic E-state index is 13.2. The first-order valence-electron chi connectivity index (χ1n) is 13.6. The van der Waals surface area contributed by atoms with Crippen LogP contribution in [-0.2, 0) is 25.6 Å². The summed E-state index contributed by atoms with van der Waals surface area (Å²) in [6.45, 7) is -0.0134. The molecule has 7 nitrogen and oxygen atoms in total. The lowest BCUT2D eigenvalue weighted by atomic mass is 9.80. The van der Waals surface area contributed by atoms with Crippen LogP contribution in [0, 0.1) is 5.92 Å². The average molecular weight is 531 g/mol. The van der Waals surface area contributed by atoms with E-state index < -0.39 is 36.0 Å². The number of carbonyl (C=O) groups excluding carboxylic acids is 2. The largest absolute Gasteiger partial charge is 0.459 e. The fourth-order valence-electron chi connectivity index (χ4n) is 5.47. The number of benzene rings is 3. The van der Waals surface area contributed by atoms with Crippen molar-refractivity contribution in [3.63, 3.8) is 0 Å². The molecule has 39 heavy (non-hydrogen) atoms. The predicted molar refractivity (Wildman–Crippen MR) is 144 cm³/mol. The molecular weight excluding hydrogens is 496 g/mol. The first-order chi connectivity index (χ1) is 19.0. The number of hydrogen-bond acceptors (Lipinski definition) is 7. The molecule has 0 bridgehead atoms. The summed E-state index contributed by atoms with van der Waals surface area (Å²) in [5.74, 6) is -3.01. The van der Waals surface area contributed by atoms with Gasteiger partial charge in [-0.3, -0.25) is 0 Å². The molecule has 3 aromatic rings. The molecule has 3 aromatic carbocycles. The van der Waals surface area contributed by atoms with Gasteiger partial charge in [0, 0.05) is 5.92 Å². The van der Waals surface area contributed by atoms with Crippen LogP contribution in [0.4, 0.5) is 0 Å². The van der Waals surface area contributed by atoms with E-state index in [1.807, 2.05) is 42.5 Å². The maximum absolute atomic E-state index is 13.2. The third kappa shape index (κ3) is 6.38. The highest BCUT2D eigenvalue weighted by Crippen LogP contribution is 2.45. The Morgan fingerprint density at radius 2 is 1.36 bits per heavy atom. The van der Waals surface area contributed by atoms with Gasteiger partial charge in [0.25, 0.3) is 0 Å². The Morgan fingerprint density at radius 1 is 0.795 bits per heavy atom. The zero-order chi connectivity index (χ0) is 27.1. The lowest BCUT2D eigenvalue weighted by molar-refractivity contribution is -0.275. The number of hydrogen-bond donors (Lipinski definition) is 1. The Kier molecular flexibility index (Phi) is 8.71. The minimum atomic E-state index is -1.71. The van der Waals surface area contributed by atoms with Gasteiger partial charge < -0.3 is 24.1 Å². The van der Waals surface area contributed by atoms with Crippen molar-refractivity contribution in [1.29, 1.82) is 0 Å². The van der Waals surface area contributed by atoms with Gasteiger partial charge in [0.1, 0.15) is 12.7 Å².